The van der Waals surface area contributed by atoms with E-state index in [0.717, 1.165) is 12.5 Å². The van der Waals surface area contributed by atoms with Crippen molar-refractivity contribution in [2.75, 3.05) is 14.2 Å². The molecule has 5 heteroatoms. The van der Waals surface area contributed by atoms with E-state index in [4.69, 9.17) is 9.47 Å². The molecule has 2 rings (SSSR count). The number of carbonyl (C=O) groups is 2. The molecule has 0 atom stereocenters. The summed E-state index contributed by atoms with van der Waals surface area (Å²) >= 11 is 0. The summed E-state index contributed by atoms with van der Waals surface area (Å²) in [5, 5.41) is 0. The van der Waals surface area contributed by atoms with Gasteiger partial charge in [0.05, 0.1) is 20.1 Å². The molecule has 4 nitrogen and oxygen atoms in total. The molecule has 2 aromatic carbocycles. The van der Waals surface area contributed by atoms with Crippen molar-refractivity contribution in [1.29, 1.82) is 0 Å². The van der Waals surface area contributed by atoms with Gasteiger partial charge in [-0.2, -0.15) is 0 Å². The molecule has 0 unspecified atom stereocenters. The summed E-state index contributed by atoms with van der Waals surface area (Å²) in [6.45, 7) is 6.91. The van der Waals surface area contributed by atoms with Gasteiger partial charge in [-0.25, -0.2) is 0 Å². The molecule has 0 saturated heterocycles. The second kappa shape index (κ2) is 9.69. The van der Waals surface area contributed by atoms with E-state index in [2.05, 4.69) is 19.6 Å². The number of hydrogen-bond acceptors (Lipinski definition) is 4. The number of rotatable bonds is 10. The highest BCUT2D eigenvalue weighted by atomic mass is 28.3. The lowest BCUT2D eigenvalue weighted by molar-refractivity contribution is 0.0798. The van der Waals surface area contributed by atoms with Crippen LogP contribution in [0.4, 0.5) is 0 Å². The molecule has 0 aliphatic rings. The van der Waals surface area contributed by atoms with E-state index < -0.39 is 14.0 Å². The Hall–Kier alpha value is -2.40. The maximum absolute atomic E-state index is 13.2. The first-order chi connectivity index (χ1) is 13.2. The zero-order chi connectivity index (χ0) is 20.7. The molecule has 0 amide bonds. The Morgan fingerprint density at radius 3 is 1.50 bits per heavy atom. The Labute approximate surface area is 168 Å². The molecule has 0 bridgehead atoms. The number of ether oxygens (including phenoxy) is 2. The standard InChI is InChI=1S/C23H30O4Si/c1-26-19-12-8-17(9-13-19)22(24)21(7-6-16-28(3,4)5)23(25)18-10-14-20(27-2)15-11-18/h8-15,21H,6-7,16H2,1-5H3. The van der Waals surface area contributed by atoms with E-state index in [1.165, 1.54) is 0 Å². The Morgan fingerprint density at radius 1 is 0.786 bits per heavy atom. The van der Waals surface area contributed by atoms with Crippen molar-refractivity contribution >= 4 is 19.6 Å². The van der Waals surface area contributed by atoms with Crippen LogP contribution in [-0.4, -0.2) is 33.9 Å². The van der Waals surface area contributed by atoms with Crippen molar-refractivity contribution in [3.05, 3.63) is 59.7 Å². The van der Waals surface area contributed by atoms with Crippen molar-refractivity contribution in [3.8, 4) is 11.5 Å². The molecule has 0 heterocycles. The third-order valence-electron chi connectivity index (χ3n) is 4.80. The van der Waals surface area contributed by atoms with Gasteiger partial charge in [0.1, 0.15) is 11.5 Å². The molecule has 0 aliphatic heterocycles. The molecule has 0 spiro atoms. The molecular weight excluding hydrogens is 368 g/mol. The van der Waals surface area contributed by atoms with Gasteiger partial charge in [0.2, 0.25) is 0 Å². The third kappa shape index (κ3) is 6.06. The Balaban J connectivity index is 2.25. The first-order valence-electron chi connectivity index (χ1n) is 9.61. The summed E-state index contributed by atoms with van der Waals surface area (Å²) in [7, 11) is 1.94. The number of benzene rings is 2. The molecular formula is C23H30O4Si. The van der Waals surface area contributed by atoms with Crippen LogP contribution in [0.15, 0.2) is 48.5 Å². The predicted octanol–water partition coefficient (Wildman–Crippen LogP) is 5.50. The van der Waals surface area contributed by atoms with E-state index in [1.807, 2.05) is 0 Å². The lowest BCUT2D eigenvalue weighted by atomic mass is 9.86. The van der Waals surface area contributed by atoms with Gasteiger partial charge in [0.25, 0.3) is 0 Å². The average molecular weight is 399 g/mol. The minimum atomic E-state index is -1.23. The fourth-order valence-electron chi connectivity index (χ4n) is 3.13. The Morgan fingerprint density at radius 2 is 1.18 bits per heavy atom. The lowest BCUT2D eigenvalue weighted by Crippen LogP contribution is -2.26. The summed E-state index contributed by atoms with van der Waals surface area (Å²) < 4.78 is 10.3. The average Bonchev–Trinajstić information content (AvgIpc) is 2.69. The summed E-state index contributed by atoms with van der Waals surface area (Å²) in [4.78, 5) is 26.3. The van der Waals surface area contributed by atoms with Gasteiger partial charge in [0, 0.05) is 19.2 Å². The van der Waals surface area contributed by atoms with Gasteiger partial charge in [-0.3, -0.25) is 9.59 Å². The highest BCUT2D eigenvalue weighted by Gasteiger charge is 2.29. The fraction of sp³-hybridized carbons (Fsp3) is 0.391. The minimum Gasteiger partial charge on any atom is -0.497 e. The highest BCUT2D eigenvalue weighted by molar-refractivity contribution is 6.76. The predicted molar refractivity (Wildman–Crippen MR) is 116 cm³/mol. The fourth-order valence-corrected chi connectivity index (χ4v) is 4.40. The summed E-state index contributed by atoms with van der Waals surface area (Å²) in [6, 6.07) is 15.0. The topological polar surface area (TPSA) is 52.6 Å². The van der Waals surface area contributed by atoms with Gasteiger partial charge < -0.3 is 9.47 Å². The quantitative estimate of drug-likeness (QED) is 0.301. The summed E-state index contributed by atoms with van der Waals surface area (Å²) in [5.41, 5.74) is 1.08. The molecule has 0 saturated carbocycles. The van der Waals surface area contributed by atoms with Gasteiger partial charge in [-0.15, -0.1) is 0 Å². The van der Waals surface area contributed by atoms with E-state index in [9.17, 15) is 9.59 Å². The van der Waals surface area contributed by atoms with Crippen LogP contribution in [0, 0.1) is 5.92 Å². The molecule has 2 aromatic rings. The van der Waals surface area contributed by atoms with E-state index in [-0.39, 0.29) is 11.6 Å². The van der Waals surface area contributed by atoms with Crippen molar-refractivity contribution in [3.63, 3.8) is 0 Å². The molecule has 0 aromatic heterocycles. The number of methoxy groups -OCH3 is 2. The van der Waals surface area contributed by atoms with Crippen molar-refractivity contribution < 1.29 is 19.1 Å². The molecule has 0 aliphatic carbocycles. The molecule has 0 N–H and O–H groups in total. The Bertz CT molecular complexity index is 729. The van der Waals surface area contributed by atoms with Crippen molar-refractivity contribution in [2.24, 2.45) is 5.92 Å². The van der Waals surface area contributed by atoms with Crippen molar-refractivity contribution in [2.45, 2.75) is 38.5 Å². The van der Waals surface area contributed by atoms with Gasteiger partial charge in [-0.05, 0) is 55.0 Å². The zero-order valence-corrected chi connectivity index (χ0v) is 18.5. The highest BCUT2D eigenvalue weighted by Crippen LogP contribution is 2.25. The van der Waals surface area contributed by atoms with E-state index in [0.29, 0.717) is 29.0 Å². The van der Waals surface area contributed by atoms with E-state index in [1.54, 1.807) is 62.8 Å². The van der Waals surface area contributed by atoms with Crippen LogP contribution in [0.3, 0.4) is 0 Å². The SMILES string of the molecule is COc1ccc(C(=O)C(CCC[Si](C)(C)C)C(=O)c2ccc(OC)cc2)cc1. The maximum Gasteiger partial charge on any atom is 0.173 e. The summed E-state index contributed by atoms with van der Waals surface area (Å²) in [5.74, 6) is 0.456. The normalized spacial score (nSPS) is 11.4. The van der Waals surface area contributed by atoms with Crippen LogP contribution in [0.5, 0.6) is 11.5 Å². The van der Waals surface area contributed by atoms with E-state index >= 15 is 0 Å². The Kier molecular flexibility index (Phi) is 7.58. The molecule has 0 fully saturated rings. The second-order valence-corrected chi connectivity index (χ2v) is 13.8. The van der Waals surface area contributed by atoms with Crippen LogP contribution in [-0.2, 0) is 0 Å². The lowest BCUT2D eigenvalue weighted by Gasteiger charge is -2.19. The number of ketones is 2. The monoisotopic (exact) mass is 398 g/mol. The first-order valence-corrected chi connectivity index (χ1v) is 13.3. The van der Waals surface area contributed by atoms with Gasteiger partial charge in [0.15, 0.2) is 11.6 Å². The minimum absolute atomic E-state index is 0.126. The number of carbonyl (C=O) groups excluding carboxylic acids is 2. The second-order valence-electron chi connectivity index (χ2n) is 8.19. The van der Waals surface area contributed by atoms with Crippen LogP contribution in [0.1, 0.15) is 33.6 Å². The smallest absolute Gasteiger partial charge is 0.173 e. The van der Waals surface area contributed by atoms with Gasteiger partial charge in [-0.1, -0.05) is 32.1 Å². The van der Waals surface area contributed by atoms with Crippen LogP contribution in [0.25, 0.3) is 0 Å². The molecule has 150 valence electrons. The van der Waals surface area contributed by atoms with Crippen LogP contribution < -0.4 is 9.47 Å². The third-order valence-corrected chi connectivity index (χ3v) is 6.66. The van der Waals surface area contributed by atoms with Crippen LogP contribution in [0.2, 0.25) is 25.7 Å². The van der Waals surface area contributed by atoms with Crippen molar-refractivity contribution in [1.82, 2.24) is 0 Å². The maximum atomic E-state index is 13.2. The number of Topliss-reactive ketones (excluding diaryl/α,β-unsaturated/α-hetero) is 2. The van der Waals surface area contributed by atoms with Crippen LogP contribution >= 0.6 is 0 Å². The molecule has 28 heavy (non-hydrogen) atoms. The largest absolute Gasteiger partial charge is 0.497 e. The summed E-state index contributed by atoms with van der Waals surface area (Å²) in [6.07, 6.45) is 1.45. The molecule has 0 radical (unpaired) electrons. The zero-order valence-electron chi connectivity index (χ0n) is 17.5. The van der Waals surface area contributed by atoms with Gasteiger partial charge >= 0.3 is 0 Å². The first kappa shape index (κ1) is 21.9. The number of hydrogen-bond donors (Lipinski definition) is 0.